The van der Waals surface area contributed by atoms with E-state index in [0.29, 0.717) is 6.42 Å². The number of carbonyl (C=O) groups excluding carboxylic acids is 12. The zero-order valence-electron chi connectivity index (χ0n) is 63.7. The van der Waals surface area contributed by atoms with Gasteiger partial charge < -0.3 is 127 Å². The highest BCUT2D eigenvalue weighted by Crippen LogP contribution is 2.27. The van der Waals surface area contributed by atoms with Crippen molar-refractivity contribution in [2.45, 2.75) is 231 Å². The Morgan fingerprint density at radius 3 is 1.44 bits per heavy atom. The molecule has 10 unspecified atom stereocenters. The fraction of sp³-hybridized carbons (Fsp3) is 0.691. The first-order chi connectivity index (χ1) is 49.6. The Labute approximate surface area is 623 Å². The molecule has 27 N–H and O–H groups in total. The molecule has 0 spiro atoms. The number of aliphatic hydroxyl groups is 5. The number of rotatable bonds is 48. The zero-order chi connectivity index (χ0) is 82.3. The van der Waals surface area contributed by atoms with Crippen molar-refractivity contribution in [3.8, 4) is 5.75 Å². The molecule has 1 rings (SSSR count). The van der Waals surface area contributed by atoms with E-state index < -0.39 is 210 Å². The lowest BCUT2D eigenvalue weighted by atomic mass is 9.87. The second kappa shape index (κ2) is 45.8. The smallest absolute Gasteiger partial charge is 0.326 e. The molecule has 0 saturated heterocycles. The van der Waals surface area contributed by atoms with Crippen LogP contribution in [0.15, 0.2) is 34.3 Å². The third kappa shape index (κ3) is 31.4. The van der Waals surface area contributed by atoms with Crippen molar-refractivity contribution in [3.63, 3.8) is 0 Å². The molecule has 0 heterocycles. The van der Waals surface area contributed by atoms with Crippen molar-refractivity contribution >= 4 is 88.8 Å². The summed E-state index contributed by atoms with van der Waals surface area (Å²) in [4.78, 5) is 189. The molecule has 0 bridgehead atoms. The molecule has 0 aliphatic heterocycles. The minimum absolute atomic E-state index is 0.0188. The molecule has 0 aromatic heterocycles. The number of carbonyl (C=O) groups is 13. The fourth-order valence-corrected chi connectivity index (χ4v) is 11.4. The Kier molecular flexibility index (Phi) is 40.9. The lowest BCUT2D eigenvalue weighted by molar-refractivity contribution is -0.152. The van der Waals surface area contributed by atoms with E-state index in [0.717, 1.165) is 37.7 Å². The van der Waals surface area contributed by atoms with Crippen molar-refractivity contribution < 1.29 is 103 Å². The number of amides is 12. The quantitative estimate of drug-likeness (QED) is 0.0164. The van der Waals surface area contributed by atoms with Crippen molar-refractivity contribution in [1.82, 2.24) is 52.3 Å². The first-order valence-corrected chi connectivity index (χ1v) is 35.2. The number of aliphatic hydroxyl groups excluding tert-OH is 5. The number of phenolic OH excluding ortho intramolecular Hbond substituents is 1. The number of carboxylic acids is 1. The maximum absolute atomic E-state index is 14.9. The number of nitrogens with two attached hydrogens (primary N) is 6. The number of nitrogens with one attached hydrogen (secondary N) is 8. The number of benzene rings is 1. The van der Waals surface area contributed by atoms with Gasteiger partial charge in [-0.05, 0) is 114 Å². The molecule has 12 amide bonds. The number of methoxy groups -OCH3 is 1. The summed E-state index contributed by atoms with van der Waals surface area (Å²) in [6.45, 7) is 17.4. The molecule has 0 fully saturated rings. The summed E-state index contributed by atoms with van der Waals surface area (Å²) in [5.74, 6) is -19.4. The number of likely N-dealkylation sites (N-methyl/N-ethyl adjacent to an activating group) is 2. The first kappa shape index (κ1) is 95.4. The second-order valence-corrected chi connectivity index (χ2v) is 28.0. The van der Waals surface area contributed by atoms with Gasteiger partial charge in [-0.15, -0.1) is 0 Å². The van der Waals surface area contributed by atoms with Crippen LogP contribution in [0.3, 0.4) is 0 Å². The summed E-state index contributed by atoms with van der Waals surface area (Å²) in [6.07, 6.45) is -12.1. The lowest BCUT2D eigenvalue weighted by Crippen LogP contribution is -2.64. The Morgan fingerprint density at radius 2 is 0.972 bits per heavy atom. The maximum Gasteiger partial charge on any atom is 0.326 e. The van der Waals surface area contributed by atoms with Crippen LogP contribution in [-0.2, 0) is 67.1 Å². The van der Waals surface area contributed by atoms with Crippen molar-refractivity contribution in [1.29, 1.82) is 0 Å². The highest BCUT2D eigenvalue weighted by Gasteiger charge is 2.44. The molecule has 1 aromatic rings. The number of aliphatic imine (C=N–C) groups is 2. The SMILES string of the molecule is COC(c1ccc(O)cc1)C(NC(=O)C(CCC(N)=O)N(C)C(=O)[C@H](CC(C)C)NC(=O)[C@@H](CCCN=C(N)N)NC(=O)[C@@H](NC(=O)C(NC(=O)[C@@H](NC(=O)C(O)[C@H](O)[C@H](CCCN=C(N)N)NC(=O)C(C)NC(=O)[C@H](C)C(O)C(C)CC(C)C)C(C)[C@@H](C)C(N)=O)[C@@H](C)O)C(C)O)C(=O)N(C)[C@@H](C)C(=O)O. The molecule has 0 radical (unpaired) electrons. The normalized spacial score (nSPS) is 17.0. The van der Waals surface area contributed by atoms with Crippen molar-refractivity contribution in [3.05, 3.63) is 29.8 Å². The van der Waals surface area contributed by atoms with Gasteiger partial charge in [0.25, 0.3) is 5.91 Å². The molecule has 606 valence electrons. The van der Waals surface area contributed by atoms with E-state index in [1.165, 1.54) is 66.0 Å². The van der Waals surface area contributed by atoms with Gasteiger partial charge in [-0.25, -0.2) is 4.79 Å². The van der Waals surface area contributed by atoms with E-state index in [1.807, 2.05) is 13.8 Å². The predicted molar refractivity (Wildman–Crippen MR) is 390 cm³/mol. The second-order valence-electron chi connectivity index (χ2n) is 28.0. The van der Waals surface area contributed by atoms with Gasteiger partial charge in [-0.1, -0.05) is 67.5 Å². The van der Waals surface area contributed by atoms with Crippen molar-refractivity contribution in [2.24, 2.45) is 79.9 Å². The monoisotopic (exact) mass is 1520 g/mol. The first-order valence-electron chi connectivity index (χ1n) is 35.2. The number of phenols is 1. The summed E-state index contributed by atoms with van der Waals surface area (Å²) < 4.78 is 5.68. The van der Waals surface area contributed by atoms with Crippen LogP contribution in [0.4, 0.5) is 0 Å². The van der Waals surface area contributed by atoms with Gasteiger partial charge >= 0.3 is 5.97 Å². The summed E-state index contributed by atoms with van der Waals surface area (Å²) >= 11 is 0. The van der Waals surface area contributed by atoms with Crippen LogP contribution in [0.2, 0.25) is 0 Å². The highest BCUT2D eigenvalue weighted by molar-refractivity contribution is 5.99. The molecular formula is C68H118N18O21. The average Bonchev–Trinajstić information content (AvgIpc) is 0.804. The minimum atomic E-state index is -2.51. The summed E-state index contributed by atoms with van der Waals surface area (Å²) in [5.41, 5.74) is 33.4. The molecule has 0 saturated carbocycles. The van der Waals surface area contributed by atoms with E-state index >= 15 is 0 Å². The summed E-state index contributed by atoms with van der Waals surface area (Å²) in [5, 5.41) is 95.3. The van der Waals surface area contributed by atoms with Crippen LogP contribution >= 0.6 is 0 Å². The van der Waals surface area contributed by atoms with Gasteiger partial charge in [0, 0.05) is 46.6 Å². The summed E-state index contributed by atoms with van der Waals surface area (Å²) in [7, 11) is 3.50. The van der Waals surface area contributed by atoms with Gasteiger partial charge in [0.1, 0.15) is 72.3 Å². The molecule has 39 heteroatoms. The molecule has 107 heavy (non-hydrogen) atoms. The summed E-state index contributed by atoms with van der Waals surface area (Å²) in [6, 6.07) is -11.8. The van der Waals surface area contributed by atoms with E-state index in [2.05, 4.69) is 52.5 Å². The molecule has 39 nitrogen and oxygen atoms in total. The molecule has 0 aliphatic carbocycles. The number of aliphatic carboxylic acids is 1. The zero-order valence-corrected chi connectivity index (χ0v) is 63.7. The number of nitrogens with zero attached hydrogens (tertiary/aromatic N) is 4. The molecular weight excluding hydrogens is 1400 g/mol. The maximum atomic E-state index is 14.9. The average molecular weight is 1520 g/mol. The van der Waals surface area contributed by atoms with Crippen molar-refractivity contribution in [2.75, 3.05) is 34.3 Å². The topological polar surface area (TPSA) is 656 Å². The van der Waals surface area contributed by atoms with Crippen LogP contribution < -0.4 is 76.9 Å². The van der Waals surface area contributed by atoms with Gasteiger partial charge in [0.05, 0.1) is 30.3 Å². The standard InChI is InChI=1S/C68H118N18O21/c1-30(2)28-32(5)51(91)35(8)56(95)77-36(9)57(96)78-42(18-16-26-75-67(71)72)52(92)53(93)63(102)81-47(33(6)34(7)55(70)94)60(99)82-49(39(12)88)62(101)83-48(38(11)87)61(100)79-43(19-17-27-76-68(73)74)58(97)80-44(29-31(3)4)64(103)86(14)45(24-25-46(69)90)59(98)84-50(65(104)85(13)37(10)66(105)106)54(107-15)40-20-22-41(89)23-21-40/h20-23,30-39,42-45,47-54,87-89,91-93H,16-19,24-29H2,1-15H3,(H2,69,90)(H2,70,94)(H,77,95)(H,78,96)(H,79,100)(H,80,97)(H,81,102)(H,82,99)(H,83,101)(H,84,98)(H,105,106)(H4,71,72,75)(H4,73,74,76)/t32?,33?,34-,35-,36?,37+,38?,39-,42+,43-,44+,45?,47+,48+,49?,50?,51?,52-,53?,54?/m1/s1. The highest BCUT2D eigenvalue weighted by atomic mass is 16.5. The van der Waals surface area contributed by atoms with Crippen LogP contribution in [0.5, 0.6) is 5.75 Å². The number of aromatic hydroxyl groups is 1. The number of ether oxygens (including phenoxy) is 1. The van der Waals surface area contributed by atoms with Crippen LogP contribution in [0, 0.1) is 35.5 Å². The molecule has 20 atom stereocenters. The number of hydrogen-bond donors (Lipinski definition) is 21. The van der Waals surface area contributed by atoms with E-state index in [4.69, 9.17) is 39.1 Å². The van der Waals surface area contributed by atoms with Gasteiger partial charge in [0.2, 0.25) is 65.0 Å². The van der Waals surface area contributed by atoms with Gasteiger partial charge in [-0.2, -0.15) is 0 Å². The number of hydrogen-bond acceptors (Lipinski definition) is 22. The van der Waals surface area contributed by atoms with E-state index in [1.54, 1.807) is 20.8 Å². The van der Waals surface area contributed by atoms with Crippen LogP contribution in [0.25, 0.3) is 0 Å². The lowest BCUT2D eigenvalue weighted by Gasteiger charge is -2.35. The Bertz CT molecular complexity index is 3210. The minimum Gasteiger partial charge on any atom is -0.508 e. The Hall–Kier alpha value is -9.57. The number of carboxylic acid groups (broad SMARTS) is 1. The Balaban J connectivity index is 3.82. The Morgan fingerprint density at radius 1 is 0.495 bits per heavy atom. The largest absolute Gasteiger partial charge is 0.508 e. The van der Waals surface area contributed by atoms with E-state index in [-0.39, 0.29) is 80.3 Å². The molecule has 1 aromatic carbocycles. The van der Waals surface area contributed by atoms with E-state index in [9.17, 15) is 98.1 Å². The van der Waals surface area contributed by atoms with Gasteiger partial charge in [0.15, 0.2) is 18.0 Å². The number of primary amides is 2. The fourth-order valence-electron chi connectivity index (χ4n) is 11.4. The number of guanidine groups is 2. The third-order valence-electron chi connectivity index (χ3n) is 18.2. The van der Waals surface area contributed by atoms with Gasteiger partial charge in [-0.3, -0.25) is 67.5 Å². The predicted octanol–water partition coefficient (Wildman–Crippen LogP) is -5.92. The van der Waals surface area contributed by atoms with Crippen LogP contribution in [0.1, 0.15) is 146 Å². The molecule has 0 aliphatic rings. The third-order valence-corrected chi connectivity index (χ3v) is 18.2. The van der Waals surface area contributed by atoms with Crippen LogP contribution in [-0.4, -0.2) is 260 Å².